The SMILES string of the molecule is Cc1ccc2c(oc3ccccc32)c1-c1sc2c3ccccc3n(-c3ccccc3)c2[n+]1C. The molecular formula is C29H21N2OS+. The monoisotopic (exact) mass is 445 g/mol. The van der Waals surface area contributed by atoms with E-state index in [0.717, 1.165) is 16.6 Å². The lowest BCUT2D eigenvalue weighted by atomic mass is 10.0. The molecule has 0 saturated heterocycles. The van der Waals surface area contributed by atoms with Crippen molar-refractivity contribution in [3.63, 3.8) is 0 Å². The zero-order chi connectivity index (χ0) is 22.1. The molecular weight excluding hydrogens is 424 g/mol. The Bertz CT molecular complexity index is 1840. The predicted molar refractivity (Wildman–Crippen MR) is 137 cm³/mol. The van der Waals surface area contributed by atoms with Crippen LogP contribution in [0.15, 0.2) is 95.4 Å². The van der Waals surface area contributed by atoms with Gasteiger partial charge >= 0.3 is 5.65 Å². The summed E-state index contributed by atoms with van der Waals surface area (Å²) in [5.74, 6) is 0. The number of hydrogen-bond acceptors (Lipinski definition) is 2. The Labute approximate surface area is 194 Å². The molecule has 0 N–H and O–H groups in total. The first-order chi connectivity index (χ1) is 16.2. The Hall–Kier alpha value is -3.89. The number of fused-ring (bicyclic) bond motifs is 6. The van der Waals surface area contributed by atoms with E-state index in [-0.39, 0.29) is 0 Å². The summed E-state index contributed by atoms with van der Waals surface area (Å²) in [6, 6.07) is 32.0. The first kappa shape index (κ1) is 18.7. The van der Waals surface area contributed by atoms with Crippen molar-refractivity contribution in [3.8, 4) is 16.3 Å². The molecule has 0 unspecified atom stereocenters. The summed E-state index contributed by atoms with van der Waals surface area (Å²) in [5, 5.41) is 4.81. The molecule has 3 aromatic heterocycles. The summed E-state index contributed by atoms with van der Waals surface area (Å²) in [7, 11) is 2.17. The van der Waals surface area contributed by atoms with E-state index in [1.807, 2.05) is 17.4 Å². The van der Waals surface area contributed by atoms with Crippen LogP contribution < -0.4 is 4.57 Å². The van der Waals surface area contributed by atoms with Gasteiger partial charge in [0.05, 0.1) is 12.6 Å². The van der Waals surface area contributed by atoms with Crippen LogP contribution in [0.4, 0.5) is 0 Å². The molecule has 0 fully saturated rings. The highest BCUT2D eigenvalue weighted by atomic mass is 32.1. The molecule has 158 valence electrons. The largest absolute Gasteiger partial charge is 0.455 e. The number of nitrogens with zero attached hydrogens (tertiary/aromatic N) is 2. The normalized spacial score (nSPS) is 11.9. The van der Waals surface area contributed by atoms with E-state index >= 15 is 0 Å². The smallest absolute Gasteiger partial charge is 0.306 e. The first-order valence-corrected chi connectivity index (χ1v) is 11.9. The molecule has 4 aromatic carbocycles. The third kappa shape index (κ3) is 2.53. The lowest BCUT2D eigenvalue weighted by Gasteiger charge is -2.05. The van der Waals surface area contributed by atoms with Crippen LogP contribution in [0.1, 0.15) is 5.56 Å². The molecule has 0 saturated carbocycles. The number of thiazole rings is 1. The fourth-order valence-corrected chi connectivity index (χ4v) is 6.45. The molecule has 0 aliphatic carbocycles. The summed E-state index contributed by atoms with van der Waals surface area (Å²) >= 11 is 1.84. The quantitative estimate of drug-likeness (QED) is 0.252. The van der Waals surface area contributed by atoms with Crippen LogP contribution in [-0.2, 0) is 7.05 Å². The molecule has 0 aliphatic rings. The predicted octanol–water partition coefficient (Wildman–Crippen LogP) is 7.54. The van der Waals surface area contributed by atoms with Gasteiger partial charge in [-0.15, -0.1) is 0 Å². The number of benzene rings is 4. The van der Waals surface area contributed by atoms with Gasteiger partial charge in [0.2, 0.25) is 0 Å². The van der Waals surface area contributed by atoms with E-state index < -0.39 is 0 Å². The second-order valence-electron chi connectivity index (χ2n) is 8.54. The van der Waals surface area contributed by atoms with Crippen molar-refractivity contribution in [3.05, 3.63) is 96.6 Å². The van der Waals surface area contributed by atoms with Crippen molar-refractivity contribution in [1.82, 2.24) is 4.57 Å². The minimum absolute atomic E-state index is 0.933. The Morgan fingerprint density at radius 2 is 1.48 bits per heavy atom. The molecule has 7 aromatic rings. The van der Waals surface area contributed by atoms with E-state index in [1.165, 1.54) is 48.5 Å². The third-order valence-electron chi connectivity index (χ3n) is 6.61. The van der Waals surface area contributed by atoms with Crippen LogP contribution >= 0.6 is 11.3 Å². The van der Waals surface area contributed by atoms with Gasteiger partial charge < -0.3 is 4.42 Å². The molecule has 0 amide bonds. The van der Waals surface area contributed by atoms with Gasteiger partial charge in [-0.25, -0.2) is 4.57 Å². The van der Waals surface area contributed by atoms with Crippen molar-refractivity contribution in [2.75, 3.05) is 0 Å². The van der Waals surface area contributed by atoms with Crippen molar-refractivity contribution < 1.29 is 8.98 Å². The van der Waals surface area contributed by atoms with Crippen LogP contribution in [0, 0.1) is 6.92 Å². The molecule has 3 nitrogen and oxygen atoms in total. The van der Waals surface area contributed by atoms with Crippen LogP contribution in [-0.4, -0.2) is 4.57 Å². The van der Waals surface area contributed by atoms with Gasteiger partial charge in [-0.3, -0.25) is 0 Å². The number of hydrogen-bond donors (Lipinski definition) is 0. The van der Waals surface area contributed by atoms with Crippen LogP contribution in [0.25, 0.3) is 59.4 Å². The molecule has 0 spiro atoms. The van der Waals surface area contributed by atoms with Crippen molar-refractivity contribution in [2.45, 2.75) is 6.92 Å². The maximum atomic E-state index is 6.44. The molecule has 0 atom stereocenters. The van der Waals surface area contributed by atoms with Crippen LogP contribution in [0.2, 0.25) is 0 Å². The van der Waals surface area contributed by atoms with Gasteiger partial charge in [0.15, 0.2) is 5.01 Å². The second kappa shape index (κ2) is 6.80. The number of aromatic nitrogens is 2. The first-order valence-electron chi connectivity index (χ1n) is 11.1. The lowest BCUT2D eigenvalue weighted by Crippen LogP contribution is -2.30. The summed E-state index contributed by atoms with van der Waals surface area (Å²) < 4.78 is 12.4. The standard InChI is InChI=1S/C29H21N2OS/c1-18-16-17-21-20-12-7-9-15-24(20)32-26(21)25(18)29-30(2)28-27(33-29)22-13-6-8-14-23(22)31(28)19-10-4-3-5-11-19/h3-17H,1-2H3/q+1. The molecule has 33 heavy (non-hydrogen) atoms. The average molecular weight is 446 g/mol. The van der Waals surface area contributed by atoms with E-state index in [0.29, 0.717) is 0 Å². The molecule has 0 aliphatic heterocycles. The molecule has 4 heteroatoms. The van der Waals surface area contributed by atoms with E-state index in [4.69, 9.17) is 4.42 Å². The number of furan rings is 1. The van der Waals surface area contributed by atoms with E-state index in [9.17, 15) is 0 Å². The Morgan fingerprint density at radius 3 is 2.33 bits per heavy atom. The van der Waals surface area contributed by atoms with Crippen LogP contribution in [0.3, 0.4) is 0 Å². The van der Waals surface area contributed by atoms with Gasteiger partial charge in [0, 0.05) is 16.2 Å². The molecule has 3 heterocycles. The highest BCUT2D eigenvalue weighted by molar-refractivity contribution is 7.22. The van der Waals surface area contributed by atoms with Gasteiger partial charge in [0.25, 0.3) is 0 Å². The Balaban J connectivity index is 1.62. The van der Waals surface area contributed by atoms with Gasteiger partial charge in [-0.2, -0.15) is 4.57 Å². The highest BCUT2D eigenvalue weighted by Crippen LogP contribution is 2.42. The van der Waals surface area contributed by atoms with Gasteiger partial charge in [-0.05, 0) is 42.8 Å². The maximum absolute atomic E-state index is 6.44. The summed E-state index contributed by atoms with van der Waals surface area (Å²) in [4.78, 5) is 0. The fourth-order valence-electron chi connectivity index (χ4n) is 5.07. The zero-order valence-electron chi connectivity index (χ0n) is 18.4. The molecule has 0 radical (unpaired) electrons. The van der Waals surface area contributed by atoms with Gasteiger partial charge in [0.1, 0.15) is 27.1 Å². The van der Waals surface area contributed by atoms with Crippen molar-refractivity contribution in [2.24, 2.45) is 7.05 Å². The van der Waals surface area contributed by atoms with Gasteiger partial charge in [-0.1, -0.05) is 72.0 Å². The molecule has 0 bridgehead atoms. The summed E-state index contributed by atoms with van der Waals surface area (Å²) in [6.45, 7) is 2.18. The van der Waals surface area contributed by atoms with E-state index in [2.05, 4.69) is 108 Å². The second-order valence-corrected chi connectivity index (χ2v) is 9.54. The zero-order valence-corrected chi connectivity index (χ0v) is 19.2. The maximum Gasteiger partial charge on any atom is 0.306 e. The highest BCUT2D eigenvalue weighted by Gasteiger charge is 2.29. The molecule has 7 rings (SSSR count). The Morgan fingerprint density at radius 1 is 0.758 bits per heavy atom. The number of para-hydroxylation sites is 3. The topological polar surface area (TPSA) is 21.9 Å². The minimum Gasteiger partial charge on any atom is -0.455 e. The lowest BCUT2D eigenvalue weighted by molar-refractivity contribution is -0.632. The Kier molecular flexibility index (Phi) is 3.85. The summed E-state index contributed by atoms with van der Waals surface area (Å²) in [6.07, 6.45) is 0. The van der Waals surface area contributed by atoms with Crippen LogP contribution in [0.5, 0.6) is 0 Å². The minimum atomic E-state index is 0.933. The van der Waals surface area contributed by atoms with Crippen molar-refractivity contribution in [1.29, 1.82) is 0 Å². The fraction of sp³-hybridized carbons (Fsp3) is 0.0690. The van der Waals surface area contributed by atoms with E-state index in [1.54, 1.807) is 0 Å². The summed E-state index contributed by atoms with van der Waals surface area (Å²) in [5.41, 5.74) is 7.89. The number of rotatable bonds is 2. The average Bonchev–Trinajstić information content (AvgIpc) is 3.49. The van der Waals surface area contributed by atoms with Crippen molar-refractivity contribution >= 4 is 54.5 Å². The number of aryl methyl sites for hydroxylation is 2. The third-order valence-corrected chi connectivity index (χ3v) is 7.89.